The van der Waals surface area contributed by atoms with Gasteiger partial charge in [0, 0.05) is 18.1 Å². The molecule has 2 aromatic carbocycles. The van der Waals surface area contributed by atoms with Crippen molar-refractivity contribution in [1.82, 2.24) is 20.2 Å². The zero-order chi connectivity index (χ0) is 19.2. The molecule has 0 amide bonds. The molecule has 2 N–H and O–H groups in total. The number of nitrogens with zero attached hydrogens (tertiary/aromatic N) is 4. The lowest BCUT2D eigenvalue weighted by Gasteiger charge is -2.09. The van der Waals surface area contributed by atoms with Crippen molar-refractivity contribution in [3.63, 3.8) is 0 Å². The maximum atomic E-state index is 5.25. The number of rotatable bonds is 7. The van der Waals surface area contributed by atoms with Crippen LogP contribution in [-0.2, 0) is 6.42 Å². The molecule has 7 nitrogen and oxygen atoms in total. The first-order valence-electron chi connectivity index (χ1n) is 8.99. The number of methoxy groups -OCH3 is 1. The predicted molar refractivity (Wildman–Crippen MR) is 110 cm³/mol. The first kappa shape index (κ1) is 17.7. The topological polar surface area (TPSA) is 84.9 Å². The van der Waals surface area contributed by atoms with Crippen LogP contribution < -0.4 is 15.4 Å². The van der Waals surface area contributed by atoms with Crippen LogP contribution in [0.1, 0.15) is 5.56 Å². The Balaban J connectivity index is 1.43. The minimum Gasteiger partial charge on any atom is -0.497 e. The van der Waals surface area contributed by atoms with Crippen LogP contribution in [0.2, 0.25) is 0 Å². The molecular weight excluding hydrogens is 352 g/mol. The predicted octanol–water partition coefficient (Wildman–Crippen LogP) is 3.83. The summed E-state index contributed by atoms with van der Waals surface area (Å²) in [5, 5.41) is 15.6. The van der Waals surface area contributed by atoms with Crippen molar-refractivity contribution >= 4 is 28.4 Å². The van der Waals surface area contributed by atoms with Crippen molar-refractivity contribution in [2.24, 2.45) is 0 Å². The molecule has 0 bridgehead atoms. The molecule has 0 spiro atoms. The van der Waals surface area contributed by atoms with Gasteiger partial charge in [-0.3, -0.25) is 4.98 Å². The summed E-state index contributed by atoms with van der Waals surface area (Å²) in [7, 11) is 1.67. The van der Waals surface area contributed by atoms with E-state index in [4.69, 9.17) is 4.74 Å². The molecule has 0 fully saturated rings. The van der Waals surface area contributed by atoms with E-state index in [1.54, 1.807) is 19.5 Å². The van der Waals surface area contributed by atoms with Gasteiger partial charge in [0.2, 0.25) is 5.95 Å². The molecule has 0 unspecified atom stereocenters. The lowest BCUT2D eigenvalue weighted by atomic mass is 10.1. The Morgan fingerprint density at radius 3 is 2.86 bits per heavy atom. The Kier molecular flexibility index (Phi) is 5.24. The van der Waals surface area contributed by atoms with E-state index in [2.05, 4.69) is 36.9 Å². The van der Waals surface area contributed by atoms with Crippen LogP contribution in [0.15, 0.2) is 67.0 Å². The molecule has 0 aliphatic rings. The van der Waals surface area contributed by atoms with Gasteiger partial charge < -0.3 is 15.4 Å². The van der Waals surface area contributed by atoms with E-state index in [0.29, 0.717) is 18.3 Å². The Morgan fingerprint density at radius 1 is 1.04 bits per heavy atom. The molecule has 7 heteroatoms. The standard InChI is InChI=1S/C21H20N6O/c1-28-17-8-2-5-15(13-17)10-12-23-21-26-19(14-24-27-21)25-18-9-3-6-16-7-4-11-22-20(16)18/h2-9,11,13-14H,10,12H2,1H3,(H2,23,25,26,27). The van der Waals surface area contributed by atoms with Gasteiger partial charge in [0.05, 0.1) is 24.5 Å². The second-order valence-electron chi connectivity index (χ2n) is 6.20. The van der Waals surface area contributed by atoms with E-state index in [-0.39, 0.29) is 0 Å². The molecule has 4 rings (SSSR count). The quantitative estimate of drug-likeness (QED) is 0.510. The largest absolute Gasteiger partial charge is 0.497 e. The molecule has 0 saturated heterocycles. The van der Waals surface area contributed by atoms with Gasteiger partial charge in [-0.1, -0.05) is 30.3 Å². The van der Waals surface area contributed by atoms with Crippen LogP contribution in [0.4, 0.5) is 17.5 Å². The number of aromatic nitrogens is 4. The zero-order valence-electron chi connectivity index (χ0n) is 15.5. The van der Waals surface area contributed by atoms with E-state index in [9.17, 15) is 0 Å². The molecule has 0 aliphatic heterocycles. The summed E-state index contributed by atoms with van der Waals surface area (Å²) < 4.78 is 5.25. The molecule has 4 aromatic rings. The van der Waals surface area contributed by atoms with E-state index in [1.807, 2.05) is 48.5 Å². The highest BCUT2D eigenvalue weighted by molar-refractivity contribution is 5.91. The van der Waals surface area contributed by atoms with E-state index >= 15 is 0 Å². The second kappa shape index (κ2) is 8.30. The summed E-state index contributed by atoms with van der Waals surface area (Å²) >= 11 is 0. The van der Waals surface area contributed by atoms with Crippen molar-refractivity contribution < 1.29 is 4.74 Å². The third-order valence-electron chi connectivity index (χ3n) is 4.29. The van der Waals surface area contributed by atoms with Crippen molar-refractivity contribution in [3.8, 4) is 5.75 Å². The minimum absolute atomic E-state index is 0.473. The van der Waals surface area contributed by atoms with Gasteiger partial charge in [0.15, 0.2) is 5.82 Å². The molecule has 0 saturated carbocycles. The maximum absolute atomic E-state index is 5.25. The molecular formula is C21H20N6O. The molecule has 28 heavy (non-hydrogen) atoms. The Morgan fingerprint density at radius 2 is 1.93 bits per heavy atom. The van der Waals surface area contributed by atoms with Gasteiger partial charge in [-0.25, -0.2) is 0 Å². The van der Waals surface area contributed by atoms with E-state index < -0.39 is 0 Å². The Bertz CT molecular complexity index is 1080. The smallest absolute Gasteiger partial charge is 0.244 e. The third-order valence-corrected chi connectivity index (χ3v) is 4.29. The first-order chi connectivity index (χ1) is 13.8. The van der Waals surface area contributed by atoms with Gasteiger partial charge >= 0.3 is 0 Å². The van der Waals surface area contributed by atoms with Gasteiger partial charge in [0.25, 0.3) is 0 Å². The zero-order valence-corrected chi connectivity index (χ0v) is 15.5. The number of fused-ring (bicyclic) bond motifs is 1. The monoisotopic (exact) mass is 372 g/mol. The number of hydrogen-bond acceptors (Lipinski definition) is 7. The van der Waals surface area contributed by atoms with Crippen LogP contribution in [0, 0.1) is 0 Å². The van der Waals surface area contributed by atoms with Crippen molar-refractivity contribution in [1.29, 1.82) is 0 Å². The van der Waals surface area contributed by atoms with Crippen LogP contribution in [0.25, 0.3) is 10.9 Å². The number of anilines is 3. The number of pyridine rings is 1. The summed E-state index contributed by atoms with van der Waals surface area (Å²) in [6.07, 6.45) is 4.19. The molecule has 140 valence electrons. The van der Waals surface area contributed by atoms with Crippen molar-refractivity contribution in [2.75, 3.05) is 24.3 Å². The molecule has 0 atom stereocenters. The fourth-order valence-electron chi connectivity index (χ4n) is 2.93. The van der Waals surface area contributed by atoms with Crippen LogP contribution >= 0.6 is 0 Å². The molecule has 2 aromatic heterocycles. The lowest BCUT2D eigenvalue weighted by Crippen LogP contribution is -2.09. The summed E-state index contributed by atoms with van der Waals surface area (Å²) in [4.78, 5) is 8.94. The van der Waals surface area contributed by atoms with Crippen molar-refractivity contribution in [2.45, 2.75) is 6.42 Å². The highest BCUT2D eigenvalue weighted by atomic mass is 16.5. The second-order valence-corrected chi connectivity index (χ2v) is 6.20. The molecule has 0 aliphatic carbocycles. The van der Waals surface area contributed by atoms with Crippen LogP contribution in [0.5, 0.6) is 5.75 Å². The first-order valence-corrected chi connectivity index (χ1v) is 8.99. The van der Waals surface area contributed by atoms with Gasteiger partial charge in [-0.05, 0) is 36.2 Å². The number of hydrogen-bond donors (Lipinski definition) is 2. The van der Waals surface area contributed by atoms with Gasteiger partial charge in [-0.2, -0.15) is 10.1 Å². The van der Waals surface area contributed by atoms with Crippen molar-refractivity contribution in [3.05, 3.63) is 72.6 Å². The van der Waals surface area contributed by atoms with Gasteiger partial charge in [-0.15, -0.1) is 5.10 Å². The normalized spacial score (nSPS) is 10.6. The highest BCUT2D eigenvalue weighted by Gasteiger charge is 2.05. The third kappa shape index (κ3) is 4.15. The maximum Gasteiger partial charge on any atom is 0.244 e. The highest BCUT2D eigenvalue weighted by Crippen LogP contribution is 2.23. The summed E-state index contributed by atoms with van der Waals surface area (Å²) in [5.41, 5.74) is 2.94. The average Bonchev–Trinajstić information content (AvgIpc) is 2.74. The minimum atomic E-state index is 0.473. The lowest BCUT2D eigenvalue weighted by molar-refractivity contribution is 0.414. The summed E-state index contributed by atoms with van der Waals surface area (Å²) in [5.74, 6) is 1.93. The SMILES string of the molecule is COc1cccc(CCNc2nncc(Nc3cccc4cccnc34)n2)c1. The molecule has 2 heterocycles. The molecule has 0 radical (unpaired) electrons. The average molecular weight is 372 g/mol. The fraction of sp³-hybridized carbons (Fsp3) is 0.143. The summed E-state index contributed by atoms with van der Waals surface area (Å²) in [6, 6.07) is 17.9. The summed E-state index contributed by atoms with van der Waals surface area (Å²) in [6.45, 7) is 0.689. The number of nitrogens with one attached hydrogen (secondary N) is 2. The van der Waals surface area contributed by atoms with E-state index in [0.717, 1.165) is 28.8 Å². The van der Waals surface area contributed by atoms with Crippen LogP contribution in [-0.4, -0.2) is 33.8 Å². The van der Waals surface area contributed by atoms with Crippen LogP contribution in [0.3, 0.4) is 0 Å². The van der Waals surface area contributed by atoms with Gasteiger partial charge in [0.1, 0.15) is 5.75 Å². The number of benzene rings is 2. The fourth-order valence-corrected chi connectivity index (χ4v) is 2.93. The van der Waals surface area contributed by atoms with E-state index in [1.165, 1.54) is 5.56 Å². The Labute approximate surface area is 162 Å². The number of ether oxygens (including phenoxy) is 1. The Hall–Kier alpha value is -3.74. The number of para-hydroxylation sites is 1.